The topological polar surface area (TPSA) is 223 Å². The fourth-order valence-corrected chi connectivity index (χ4v) is 10.5. The van der Waals surface area contributed by atoms with Crippen LogP contribution in [0.4, 0.5) is 15.3 Å². The van der Waals surface area contributed by atoms with Crippen molar-refractivity contribution in [2.75, 3.05) is 32.1 Å². The third kappa shape index (κ3) is 24.9. The molecule has 5 rings (SSSR count). The summed E-state index contributed by atoms with van der Waals surface area (Å²) in [5.74, 6) is 0.0309. The second-order valence-electron chi connectivity index (χ2n) is 21.3. The van der Waals surface area contributed by atoms with E-state index in [1.165, 1.54) is 81.2 Å². The summed E-state index contributed by atoms with van der Waals surface area (Å²) in [6.45, 7) is 16.7. The Morgan fingerprint density at radius 2 is 1.10 bits per heavy atom. The van der Waals surface area contributed by atoms with Gasteiger partial charge in [0, 0.05) is 19.2 Å². The molecular formula is C58H89N5O14S2. The summed E-state index contributed by atoms with van der Waals surface area (Å²) >= 11 is 4.20. The van der Waals surface area contributed by atoms with Gasteiger partial charge in [0.25, 0.3) is 15.7 Å². The van der Waals surface area contributed by atoms with Gasteiger partial charge in [-0.25, -0.2) is 27.6 Å². The second kappa shape index (κ2) is 35.4. The van der Waals surface area contributed by atoms with E-state index < -0.39 is 79.0 Å². The lowest BCUT2D eigenvalue weighted by atomic mass is 9.99. The molecule has 0 radical (unpaired) electrons. The Kier molecular flexibility index (Phi) is 30.5. The largest absolute Gasteiger partial charge is 0.464 e. The van der Waals surface area contributed by atoms with Crippen LogP contribution in [0.15, 0.2) is 89.8 Å². The van der Waals surface area contributed by atoms with Gasteiger partial charge < -0.3 is 18.9 Å². The molecule has 0 aliphatic carbocycles. The molecule has 19 nitrogen and oxygen atoms in total. The van der Waals surface area contributed by atoms with Crippen LogP contribution in [-0.2, 0) is 61.4 Å². The minimum atomic E-state index is -4.60. The highest BCUT2D eigenvalue weighted by atomic mass is 32.2. The Hall–Kier alpha value is -5.32. The first-order chi connectivity index (χ1) is 37.6. The van der Waals surface area contributed by atoms with Crippen molar-refractivity contribution in [3.8, 4) is 0 Å². The summed E-state index contributed by atoms with van der Waals surface area (Å²) in [4.78, 5) is 75.0. The number of benzene rings is 3. The van der Waals surface area contributed by atoms with E-state index in [4.69, 9.17) is 28.6 Å². The fraction of sp³-hybridized carbons (Fsp3) is 0.621. The van der Waals surface area contributed by atoms with Crippen LogP contribution in [0.2, 0.25) is 0 Å². The van der Waals surface area contributed by atoms with Crippen LogP contribution in [0.25, 0.3) is 0 Å². The van der Waals surface area contributed by atoms with Crippen LogP contribution in [0, 0.1) is 10.1 Å². The number of sulfonamides is 1. The number of unbranched alkanes of at least 4 members (excludes halogenated alkanes) is 9. The monoisotopic (exact) mass is 1140 g/mol. The molecule has 3 aromatic carbocycles. The zero-order valence-electron chi connectivity index (χ0n) is 48.1. The highest BCUT2D eigenvalue weighted by Gasteiger charge is 2.46. The lowest BCUT2D eigenvalue weighted by molar-refractivity contribution is -0.388. The van der Waals surface area contributed by atoms with E-state index in [0.29, 0.717) is 36.0 Å². The van der Waals surface area contributed by atoms with Gasteiger partial charge in [0.1, 0.15) is 23.3 Å². The number of rotatable bonds is 25. The molecule has 2 aliphatic heterocycles. The summed E-state index contributed by atoms with van der Waals surface area (Å²) in [5, 5.41) is 11.7. The maximum Gasteiger partial charge on any atom is 0.411 e. The van der Waals surface area contributed by atoms with Crippen LogP contribution in [0.5, 0.6) is 0 Å². The number of hydroxylamine groups is 2. The Morgan fingerprint density at radius 3 is 1.58 bits per heavy atom. The van der Waals surface area contributed by atoms with Crippen molar-refractivity contribution in [3.63, 3.8) is 0 Å². The summed E-state index contributed by atoms with van der Waals surface area (Å²) < 4.78 is 49.7. The predicted octanol–water partition coefficient (Wildman–Crippen LogP) is 11.9. The highest BCUT2D eigenvalue weighted by molar-refractivity contribution is 7.89. The van der Waals surface area contributed by atoms with Crippen molar-refractivity contribution in [2.24, 2.45) is 0 Å². The van der Waals surface area contributed by atoms with Gasteiger partial charge in [0.05, 0.1) is 43.4 Å². The summed E-state index contributed by atoms with van der Waals surface area (Å²) in [5.41, 5.74) is 2.58. The van der Waals surface area contributed by atoms with Crippen LogP contribution in [0.3, 0.4) is 0 Å². The van der Waals surface area contributed by atoms with Crippen LogP contribution >= 0.6 is 12.6 Å². The number of nitrogens with one attached hydrogen (secondary N) is 1. The molecular weight excluding hydrogens is 1050 g/mol. The zero-order valence-corrected chi connectivity index (χ0v) is 49.8. The molecule has 0 bridgehead atoms. The molecule has 2 amide bonds. The minimum absolute atomic E-state index is 0.0559. The third-order valence-electron chi connectivity index (χ3n) is 12.4. The highest BCUT2D eigenvalue weighted by Crippen LogP contribution is 2.33. The standard InChI is InChI=1S/C26H33N3O9S.C20H30N2O5.C12H26S/c1-5-36-24(30)22-16-15-20(17-27(22)25(31)38-26(2,3)4)29(37-18-19-11-7-6-8-12-19)39(34,35)23-14-10-9-13-21(23)28(32)33;1-5-25-18(23)17-12-11-16(13-22(17)19(24)27-20(2,3)4)21-26-14-15-9-7-6-8-10-15;1-2-3-4-5-6-7-8-9-10-11-12-13/h6-14,20,22H,5,15-18H2,1-4H3;6-10,16-17,21H,5,11-14H2,1-4H3;13H,2-12H2,1H3/t20-,22+;16-,17+;/m11./s1. The molecule has 1 N–H and O–H groups in total. The van der Waals surface area contributed by atoms with Gasteiger partial charge >= 0.3 is 24.1 Å². The average molecular weight is 1140 g/mol. The number of nitro benzene ring substituents is 1. The number of amides is 2. The van der Waals surface area contributed by atoms with Gasteiger partial charge in [0.15, 0.2) is 4.90 Å². The van der Waals surface area contributed by atoms with Crippen LogP contribution < -0.4 is 5.48 Å². The number of para-hydroxylation sites is 1. The molecule has 2 fully saturated rings. The molecule has 0 aromatic heterocycles. The van der Waals surface area contributed by atoms with E-state index in [0.717, 1.165) is 28.3 Å². The Bertz CT molecular complexity index is 2380. The minimum Gasteiger partial charge on any atom is -0.464 e. The number of carbonyl (C=O) groups excluding carboxylic acids is 4. The lowest BCUT2D eigenvalue weighted by Crippen LogP contribution is -2.58. The summed E-state index contributed by atoms with van der Waals surface area (Å²) in [6, 6.07) is 20.8. The van der Waals surface area contributed by atoms with E-state index in [-0.39, 0.29) is 45.2 Å². The van der Waals surface area contributed by atoms with Crippen molar-refractivity contribution >= 4 is 52.5 Å². The number of piperidine rings is 2. The van der Waals surface area contributed by atoms with E-state index in [2.05, 4.69) is 25.0 Å². The quantitative estimate of drug-likeness (QED) is 0.0201. The molecule has 79 heavy (non-hydrogen) atoms. The molecule has 2 saturated heterocycles. The summed E-state index contributed by atoms with van der Waals surface area (Å²) in [6.07, 6.45) is 14.2. The van der Waals surface area contributed by atoms with Crippen molar-refractivity contribution in [2.45, 2.75) is 206 Å². The predicted molar refractivity (Wildman–Crippen MR) is 306 cm³/mol. The first-order valence-electron chi connectivity index (χ1n) is 27.9. The Labute approximate surface area is 475 Å². The maximum atomic E-state index is 13.9. The second-order valence-corrected chi connectivity index (χ2v) is 23.5. The van der Waals surface area contributed by atoms with E-state index in [1.807, 2.05) is 30.3 Å². The van der Waals surface area contributed by atoms with Crippen molar-refractivity contribution in [1.29, 1.82) is 0 Å². The number of esters is 2. The number of nitrogens with zero attached hydrogens (tertiary/aromatic N) is 4. The maximum absolute atomic E-state index is 13.9. The van der Waals surface area contributed by atoms with Crippen molar-refractivity contribution in [3.05, 3.63) is 106 Å². The number of carbonyl (C=O) groups is 4. The van der Waals surface area contributed by atoms with Gasteiger partial charge in [-0.2, -0.15) is 18.1 Å². The van der Waals surface area contributed by atoms with Gasteiger partial charge in [-0.05, 0) is 110 Å². The molecule has 4 atom stereocenters. The SMILES string of the molecule is CCCCCCCCCCCCS.CCOC(=O)[C@@H]1CC[C@@H](N(OCc2ccccc2)S(=O)(=O)c2ccccc2[N+](=O)[O-])CN1C(=O)OC(C)(C)C.CCOC(=O)[C@@H]1CC[C@@H](NOCc2ccccc2)CN1C(=O)OC(C)(C)C. The van der Waals surface area contributed by atoms with Gasteiger partial charge in [-0.3, -0.25) is 29.6 Å². The molecule has 21 heteroatoms. The smallest absolute Gasteiger partial charge is 0.411 e. The van der Waals surface area contributed by atoms with E-state index in [9.17, 15) is 37.7 Å². The third-order valence-corrected chi connectivity index (χ3v) is 14.5. The molecule has 0 unspecified atom stereocenters. The van der Waals surface area contributed by atoms with Crippen LogP contribution in [-0.4, -0.2) is 119 Å². The van der Waals surface area contributed by atoms with E-state index in [1.54, 1.807) is 85.7 Å². The molecule has 0 saturated carbocycles. The number of ether oxygens (including phenoxy) is 4. The van der Waals surface area contributed by atoms with Crippen molar-refractivity contribution < 1.29 is 61.1 Å². The van der Waals surface area contributed by atoms with Crippen LogP contribution in [0.1, 0.15) is 163 Å². The van der Waals surface area contributed by atoms with Gasteiger partial charge in [-0.1, -0.05) is 142 Å². The molecule has 442 valence electrons. The Balaban J connectivity index is 0.000000353. The summed E-state index contributed by atoms with van der Waals surface area (Å²) in [7, 11) is -4.60. The average Bonchev–Trinajstić information content (AvgIpc) is 3.46. The first-order valence-corrected chi connectivity index (χ1v) is 29.9. The normalized spacial score (nSPS) is 17.6. The van der Waals surface area contributed by atoms with E-state index >= 15 is 0 Å². The molecule has 2 heterocycles. The number of hydrogen-bond donors (Lipinski definition) is 2. The number of likely N-dealkylation sites (tertiary alicyclic amines) is 2. The molecule has 0 spiro atoms. The molecule has 3 aromatic rings. The number of hydrogen-bond acceptors (Lipinski definition) is 16. The number of thiol groups is 1. The van der Waals surface area contributed by atoms with Gasteiger partial charge in [0.2, 0.25) is 0 Å². The first kappa shape index (κ1) is 68.0. The Morgan fingerprint density at radius 1 is 0.646 bits per heavy atom. The number of nitro groups is 1. The lowest BCUT2D eigenvalue weighted by Gasteiger charge is -2.41. The fourth-order valence-electron chi connectivity index (χ4n) is 8.63. The van der Waals surface area contributed by atoms with Crippen molar-refractivity contribution in [1.82, 2.24) is 19.7 Å². The zero-order chi connectivity index (χ0) is 58.4. The van der Waals surface area contributed by atoms with Gasteiger partial charge in [-0.15, -0.1) is 0 Å². The molecule has 2 aliphatic rings.